The first-order valence-electron chi connectivity index (χ1n) is 3.82. The molecule has 0 atom stereocenters. The first-order chi connectivity index (χ1) is 6.18. The first-order valence-corrected chi connectivity index (χ1v) is 3.82. The number of anilines is 1. The third-order valence-corrected chi connectivity index (χ3v) is 1.91. The summed E-state index contributed by atoms with van der Waals surface area (Å²) in [5, 5.41) is 0.481. The summed E-state index contributed by atoms with van der Waals surface area (Å²) in [5.41, 5.74) is 5.62. The van der Waals surface area contributed by atoms with Crippen LogP contribution in [0.15, 0.2) is 30.3 Å². The van der Waals surface area contributed by atoms with Crippen molar-refractivity contribution in [1.29, 1.82) is 0 Å². The van der Waals surface area contributed by atoms with E-state index in [0.717, 1.165) is 0 Å². The zero-order valence-electron chi connectivity index (χ0n) is 6.72. The molecule has 0 amide bonds. The van der Waals surface area contributed by atoms with E-state index in [2.05, 4.69) is 0 Å². The molecule has 2 N–H and O–H groups in total. The SMILES string of the molecule is Nc1cc(F)c2cccc(F)c2c1. The fourth-order valence-corrected chi connectivity index (χ4v) is 1.32. The van der Waals surface area contributed by atoms with Crippen molar-refractivity contribution in [2.75, 3.05) is 5.73 Å². The molecule has 2 rings (SSSR count). The number of nitrogen functional groups attached to an aromatic ring is 1. The Labute approximate surface area is 73.8 Å². The molecule has 2 aromatic carbocycles. The van der Waals surface area contributed by atoms with E-state index in [0.29, 0.717) is 0 Å². The Morgan fingerprint density at radius 2 is 1.69 bits per heavy atom. The molecule has 13 heavy (non-hydrogen) atoms. The monoisotopic (exact) mass is 179 g/mol. The summed E-state index contributed by atoms with van der Waals surface area (Å²) in [6.07, 6.45) is 0. The molecule has 0 saturated heterocycles. The van der Waals surface area contributed by atoms with Gasteiger partial charge in [0.1, 0.15) is 11.6 Å². The molecule has 0 radical (unpaired) electrons. The van der Waals surface area contributed by atoms with E-state index in [4.69, 9.17) is 5.73 Å². The van der Waals surface area contributed by atoms with Gasteiger partial charge in [-0.05, 0) is 18.2 Å². The minimum Gasteiger partial charge on any atom is -0.399 e. The summed E-state index contributed by atoms with van der Waals surface area (Å²) in [6.45, 7) is 0. The van der Waals surface area contributed by atoms with Crippen LogP contribution in [0.1, 0.15) is 0 Å². The van der Waals surface area contributed by atoms with Crippen molar-refractivity contribution in [1.82, 2.24) is 0 Å². The molecule has 0 unspecified atom stereocenters. The number of benzene rings is 2. The van der Waals surface area contributed by atoms with Gasteiger partial charge in [-0.15, -0.1) is 0 Å². The Morgan fingerprint density at radius 3 is 2.46 bits per heavy atom. The lowest BCUT2D eigenvalue weighted by Gasteiger charge is -2.01. The van der Waals surface area contributed by atoms with Gasteiger partial charge >= 0.3 is 0 Å². The second kappa shape index (κ2) is 2.69. The molecule has 0 heterocycles. The van der Waals surface area contributed by atoms with E-state index >= 15 is 0 Å². The highest BCUT2D eigenvalue weighted by atomic mass is 19.1. The van der Waals surface area contributed by atoms with Crippen molar-refractivity contribution in [3.63, 3.8) is 0 Å². The van der Waals surface area contributed by atoms with Crippen LogP contribution in [0.4, 0.5) is 14.5 Å². The Kier molecular flexibility index (Phi) is 1.65. The van der Waals surface area contributed by atoms with Crippen molar-refractivity contribution < 1.29 is 8.78 Å². The topological polar surface area (TPSA) is 26.0 Å². The average molecular weight is 179 g/mol. The Balaban J connectivity index is 2.94. The van der Waals surface area contributed by atoms with Crippen LogP contribution in [0.5, 0.6) is 0 Å². The maximum Gasteiger partial charge on any atom is 0.133 e. The predicted octanol–water partition coefficient (Wildman–Crippen LogP) is 2.70. The lowest BCUT2D eigenvalue weighted by atomic mass is 10.1. The van der Waals surface area contributed by atoms with Gasteiger partial charge in [-0.25, -0.2) is 8.78 Å². The van der Waals surface area contributed by atoms with Crippen LogP contribution in [-0.4, -0.2) is 0 Å². The fraction of sp³-hybridized carbons (Fsp3) is 0. The highest BCUT2D eigenvalue weighted by Crippen LogP contribution is 2.23. The third-order valence-electron chi connectivity index (χ3n) is 1.91. The van der Waals surface area contributed by atoms with Gasteiger partial charge in [0.2, 0.25) is 0 Å². The molecular formula is C10H7F2N. The van der Waals surface area contributed by atoms with Gasteiger partial charge in [0.25, 0.3) is 0 Å². The van der Waals surface area contributed by atoms with Crippen molar-refractivity contribution in [2.24, 2.45) is 0 Å². The van der Waals surface area contributed by atoms with Crippen LogP contribution < -0.4 is 5.73 Å². The first kappa shape index (κ1) is 7.98. The molecule has 0 spiro atoms. The summed E-state index contributed by atoms with van der Waals surface area (Å²) in [4.78, 5) is 0. The second-order valence-electron chi connectivity index (χ2n) is 2.84. The molecule has 0 aromatic heterocycles. The fourth-order valence-electron chi connectivity index (χ4n) is 1.32. The van der Waals surface area contributed by atoms with Crippen LogP contribution in [0, 0.1) is 11.6 Å². The minimum absolute atomic E-state index is 0.222. The average Bonchev–Trinajstić information content (AvgIpc) is 2.07. The molecule has 0 aliphatic carbocycles. The molecule has 3 heteroatoms. The number of hydrogen-bond acceptors (Lipinski definition) is 1. The summed E-state index contributed by atoms with van der Waals surface area (Å²) in [7, 11) is 0. The quantitative estimate of drug-likeness (QED) is 0.618. The molecule has 0 saturated carbocycles. The molecule has 66 valence electrons. The highest BCUT2D eigenvalue weighted by molar-refractivity contribution is 5.86. The Morgan fingerprint density at radius 1 is 0.923 bits per heavy atom. The van der Waals surface area contributed by atoms with Gasteiger partial charge < -0.3 is 5.73 Å². The predicted molar refractivity (Wildman–Crippen MR) is 48.3 cm³/mol. The van der Waals surface area contributed by atoms with Crippen LogP contribution in [0.25, 0.3) is 10.8 Å². The van der Waals surface area contributed by atoms with Gasteiger partial charge in [-0.1, -0.05) is 12.1 Å². The number of rotatable bonds is 0. The van der Waals surface area contributed by atoms with E-state index in [1.807, 2.05) is 0 Å². The van der Waals surface area contributed by atoms with Gasteiger partial charge in [-0.2, -0.15) is 0 Å². The van der Waals surface area contributed by atoms with E-state index in [9.17, 15) is 8.78 Å². The van der Waals surface area contributed by atoms with Crippen LogP contribution in [0.2, 0.25) is 0 Å². The van der Waals surface area contributed by atoms with Crippen LogP contribution in [-0.2, 0) is 0 Å². The largest absolute Gasteiger partial charge is 0.399 e. The molecule has 0 aliphatic rings. The van der Waals surface area contributed by atoms with Crippen molar-refractivity contribution in [3.8, 4) is 0 Å². The number of fused-ring (bicyclic) bond motifs is 1. The zero-order chi connectivity index (χ0) is 9.42. The van der Waals surface area contributed by atoms with Crippen molar-refractivity contribution >= 4 is 16.5 Å². The standard InChI is InChI=1S/C10H7F2N/c11-9-3-1-2-7-8(9)4-6(13)5-10(7)12/h1-5H,13H2. The zero-order valence-corrected chi connectivity index (χ0v) is 6.72. The molecule has 0 bridgehead atoms. The van der Waals surface area contributed by atoms with Crippen LogP contribution in [0.3, 0.4) is 0 Å². The lowest BCUT2D eigenvalue weighted by Crippen LogP contribution is -1.89. The smallest absolute Gasteiger partial charge is 0.133 e. The molecule has 2 aromatic rings. The van der Waals surface area contributed by atoms with E-state index in [1.54, 1.807) is 0 Å². The Bertz CT molecular complexity index is 466. The molecule has 0 aliphatic heterocycles. The minimum atomic E-state index is -0.491. The van der Waals surface area contributed by atoms with Crippen molar-refractivity contribution in [3.05, 3.63) is 42.0 Å². The number of nitrogens with two attached hydrogens (primary N) is 1. The third kappa shape index (κ3) is 1.22. The maximum absolute atomic E-state index is 13.2. The van der Waals surface area contributed by atoms with Gasteiger partial charge in [0.15, 0.2) is 0 Å². The van der Waals surface area contributed by atoms with Crippen molar-refractivity contribution in [2.45, 2.75) is 0 Å². The molecule has 1 nitrogen and oxygen atoms in total. The summed E-state index contributed by atoms with van der Waals surface area (Å²) in [6, 6.07) is 6.88. The van der Waals surface area contributed by atoms with Gasteiger partial charge in [0, 0.05) is 16.5 Å². The van der Waals surface area contributed by atoms with Gasteiger partial charge in [0.05, 0.1) is 0 Å². The lowest BCUT2D eigenvalue weighted by molar-refractivity contribution is 0.629. The highest BCUT2D eigenvalue weighted by Gasteiger charge is 2.05. The summed E-state index contributed by atoms with van der Waals surface area (Å²) < 4.78 is 26.3. The molecule has 0 fully saturated rings. The normalized spacial score (nSPS) is 10.6. The number of halogens is 2. The van der Waals surface area contributed by atoms with E-state index in [1.165, 1.54) is 30.3 Å². The van der Waals surface area contributed by atoms with E-state index < -0.39 is 11.6 Å². The van der Waals surface area contributed by atoms with E-state index in [-0.39, 0.29) is 16.5 Å². The maximum atomic E-state index is 13.2. The Hall–Kier alpha value is -1.64. The molecular weight excluding hydrogens is 172 g/mol. The van der Waals surface area contributed by atoms with Crippen LogP contribution >= 0.6 is 0 Å². The summed E-state index contributed by atoms with van der Waals surface area (Å²) >= 11 is 0. The van der Waals surface area contributed by atoms with Gasteiger partial charge in [-0.3, -0.25) is 0 Å². The summed E-state index contributed by atoms with van der Waals surface area (Å²) in [5.74, 6) is -0.946. The number of hydrogen-bond donors (Lipinski definition) is 1. The second-order valence-corrected chi connectivity index (χ2v) is 2.84.